The molecule has 0 radical (unpaired) electrons. The lowest BCUT2D eigenvalue weighted by molar-refractivity contribution is 0.0727. The maximum atomic E-state index is 13.1. The summed E-state index contributed by atoms with van der Waals surface area (Å²) in [4.78, 5) is 38.8. The van der Waals surface area contributed by atoms with E-state index in [1.54, 1.807) is 60.7 Å². The van der Waals surface area contributed by atoms with Gasteiger partial charge in [0.2, 0.25) is 5.75 Å². The van der Waals surface area contributed by atoms with Crippen LogP contribution in [0.4, 0.5) is 5.69 Å². The number of ether oxygens (including phenoxy) is 5. The summed E-state index contributed by atoms with van der Waals surface area (Å²) in [6.07, 6.45) is 1.42. The number of hydrogen-bond donors (Lipinski definition) is 2. The van der Waals surface area contributed by atoms with Crippen LogP contribution < -0.4 is 34.4 Å². The van der Waals surface area contributed by atoms with Crippen LogP contribution in [0, 0.1) is 6.92 Å². The molecule has 4 aromatic rings. The molecule has 4 rings (SSSR count). The van der Waals surface area contributed by atoms with Crippen LogP contribution in [0.3, 0.4) is 0 Å². The molecule has 4 aromatic carbocycles. The molecular weight excluding hydrogens is 578 g/mol. The Labute approximate surface area is 260 Å². The van der Waals surface area contributed by atoms with Gasteiger partial charge >= 0.3 is 5.97 Å². The van der Waals surface area contributed by atoms with Gasteiger partial charge in [-0.1, -0.05) is 29.8 Å². The second-order valence-corrected chi connectivity index (χ2v) is 9.51. The second kappa shape index (κ2) is 15.1. The highest BCUT2D eigenvalue weighted by atomic mass is 16.6. The fourth-order valence-electron chi connectivity index (χ4n) is 4.31. The zero-order chi connectivity index (χ0) is 32.3. The molecule has 0 unspecified atom stereocenters. The third kappa shape index (κ3) is 7.96. The van der Waals surface area contributed by atoms with Gasteiger partial charge in [-0.2, -0.15) is 5.10 Å². The van der Waals surface area contributed by atoms with Crippen LogP contribution in [0.1, 0.15) is 49.1 Å². The van der Waals surface area contributed by atoms with Crippen molar-refractivity contribution in [1.82, 2.24) is 5.43 Å². The van der Waals surface area contributed by atoms with Crippen LogP contribution >= 0.6 is 0 Å². The monoisotopic (exact) mass is 611 g/mol. The molecule has 11 nitrogen and oxygen atoms in total. The summed E-state index contributed by atoms with van der Waals surface area (Å²) in [5, 5.41) is 6.81. The van der Waals surface area contributed by atoms with Crippen molar-refractivity contribution in [3.05, 3.63) is 107 Å². The number of amides is 2. The highest BCUT2D eigenvalue weighted by Gasteiger charge is 2.19. The maximum Gasteiger partial charge on any atom is 0.343 e. The van der Waals surface area contributed by atoms with Crippen LogP contribution in [-0.4, -0.2) is 51.9 Å². The van der Waals surface area contributed by atoms with Crippen molar-refractivity contribution in [3.63, 3.8) is 0 Å². The first-order valence-corrected chi connectivity index (χ1v) is 13.9. The fraction of sp³-hybridized carbons (Fsp3) is 0.176. The van der Waals surface area contributed by atoms with Gasteiger partial charge in [0.05, 0.1) is 51.0 Å². The number of nitrogens with zero attached hydrogens (tertiary/aromatic N) is 1. The molecular formula is C34H33N3O8. The smallest absolute Gasteiger partial charge is 0.343 e. The fourth-order valence-corrected chi connectivity index (χ4v) is 4.31. The molecule has 11 heteroatoms. The van der Waals surface area contributed by atoms with Crippen molar-refractivity contribution in [2.45, 2.75) is 13.8 Å². The number of carbonyl (C=O) groups is 3. The number of benzene rings is 4. The zero-order valence-electron chi connectivity index (χ0n) is 25.5. The van der Waals surface area contributed by atoms with Crippen molar-refractivity contribution in [2.75, 3.05) is 33.3 Å². The van der Waals surface area contributed by atoms with E-state index in [9.17, 15) is 14.4 Å². The van der Waals surface area contributed by atoms with Crippen LogP contribution in [-0.2, 0) is 0 Å². The highest BCUT2D eigenvalue weighted by Crippen LogP contribution is 2.38. The van der Waals surface area contributed by atoms with E-state index in [0.29, 0.717) is 40.7 Å². The van der Waals surface area contributed by atoms with E-state index in [4.69, 9.17) is 23.7 Å². The molecule has 0 aromatic heterocycles. The van der Waals surface area contributed by atoms with E-state index in [0.717, 1.165) is 5.56 Å². The Morgan fingerprint density at radius 3 is 2.16 bits per heavy atom. The normalized spacial score (nSPS) is 10.6. The lowest BCUT2D eigenvalue weighted by atomic mass is 10.1. The number of carbonyl (C=O) groups excluding carboxylic acids is 3. The average molecular weight is 612 g/mol. The zero-order valence-corrected chi connectivity index (χ0v) is 25.5. The molecule has 0 atom stereocenters. The van der Waals surface area contributed by atoms with Gasteiger partial charge in [-0.15, -0.1) is 0 Å². The van der Waals surface area contributed by atoms with Crippen LogP contribution in [0.5, 0.6) is 28.7 Å². The van der Waals surface area contributed by atoms with Crippen molar-refractivity contribution >= 4 is 29.7 Å². The Balaban J connectivity index is 1.46. The lowest BCUT2D eigenvalue weighted by Gasteiger charge is -2.15. The Morgan fingerprint density at radius 1 is 0.756 bits per heavy atom. The Morgan fingerprint density at radius 2 is 1.49 bits per heavy atom. The molecule has 45 heavy (non-hydrogen) atoms. The van der Waals surface area contributed by atoms with Gasteiger partial charge < -0.3 is 29.0 Å². The number of methoxy groups -OCH3 is 3. The summed E-state index contributed by atoms with van der Waals surface area (Å²) in [6, 6.07) is 21.5. The Kier molecular flexibility index (Phi) is 10.7. The van der Waals surface area contributed by atoms with Crippen molar-refractivity contribution in [3.8, 4) is 28.7 Å². The summed E-state index contributed by atoms with van der Waals surface area (Å²) < 4.78 is 27.2. The number of aryl methyl sites for hydroxylation is 1. The van der Waals surface area contributed by atoms with E-state index >= 15 is 0 Å². The molecule has 0 bridgehead atoms. The molecule has 0 saturated carbocycles. The molecule has 0 aliphatic rings. The van der Waals surface area contributed by atoms with E-state index in [1.165, 1.54) is 39.7 Å². The van der Waals surface area contributed by atoms with Crippen LogP contribution in [0.15, 0.2) is 84.0 Å². The topological polar surface area (TPSA) is 134 Å². The maximum absolute atomic E-state index is 13.1. The largest absolute Gasteiger partial charge is 0.493 e. The summed E-state index contributed by atoms with van der Waals surface area (Å²) in [5.41, 5.74) is 5.10. The first-order valence-electron chi connectivity index (χ1n) is 13.9. The van der Waals surface area contributed by atoms with E-state index in [2.05, 4.69) is 15.8 Å². The molecule has 2 amide bonds. The number of nitrogens with one attached hydrogen (secondary N) is 2. The molecule has 0 heterocycles. The van der Waals surface area contributed by atoms with Gasteiger partial charge in [0.15, 0.2) is 23.0 Å². The van der Waals surface area contributed by atoms with Crippen molar-refractivity contribution in [1.29, 1.82) is 0 Å². The summed E-state index contributed by atoms with van der Waals surface area (Å²) in [5.74, 6) is 0.00450. The minimum atomic E-state index is -0.555. The number of rotatable bonds is 12. The predicted molar refractivity (Wildman–Crippen MR) is 169 cm³/mol. The van der Waals surface area contributed by atoms with Crippen LogP contribution in [0.25, 0.3) is 0 Å². The number of esters is 1. The number of hydrazone groups is 1. The van der Waals surface area contributed by atoms with Gasteiger partial charge in [-0.25, -0.2) is 10.2 Å². The first kappa shape index (κ1) is 32.1. The highest BCUT2D eigenvalue weighted by molar-refractivity contribution is 6.09. The van der Waals surface area contributed by atoms with Gasteiger partial charge in [0, 0.05) is 5.56 Å². The number of hydrogen-bond acceptors (Lipinski definition) is 9. The summed E-state index contributed by atoms with van der Waals surface area (Å²) in [6.45, 7) is 4.04. The van der Waals surface area contributed by atoms with Gasteiger partial charge in [0.25, 0.3) is 11.8 Å². The van der Waals surface area contributed by atoms with Crippen molar-refractivity contribution < 1.29 is 38.1 Å². The lowest BCUT2D eigenvalue weighted by Crippen LogP contribution is -2.21. The standard InChI is InChI=1S/C34H33N3O8/c1-6-44-28-17-22(14-15-27(28)45-34(40)23-11-9-10-21(2)16-23)20-35-37-33(39)25-12-7-8-13-26(25)36-32(38)24-18-29(41-3)31(43-5)30(19-24)42-4/h7-20H,6H2,1-5H3,(H,36,38)(H,37,39)/b35-20-. The molecule has 0 saturated heterocycles. The van der Waals surface area contributed by atoms with E-state index in [-0.39, 0.29) is 22.6 Å². The van der Waals surface area contributed by atoms with Crippen LogP contribution in [0.2, 0.25) is 0 Å². The average Bonchev–Trinajstić information content (AvgIpc) is 3.05. The van der Waals surface area contributed by atoms with E-state index < -0.39 is 17.8 Å². The van der Waals surface area contributed by atoms with E-state index in [1.807, 2.05) is 19.9 Å². The summed E-state index contributed by atoms with van der Waals surface area (Å²) in [7, 11) is 4.37. The Hall–Kier alpha value is -5.84. The third-order valence-electron chi connectivity index (χ3n) is 6.45. The van der Waals surface area contributed by atoms with Gasteiger partial charge in [-0.05, 0) is 74.0 Å². The Bertz CT molecular complexity index is 1710. The molecule has 0 fully saturated rings. The number of anilines is 1. The third-order valence-corrected chi connectivity index (χ3v) is 6.45. The predicted octanol–water partition coefficient (Wildman–Crippen LogP) is 5.65. The van der Waals surface area contributed by atoms with Gasteiger partial charge in [-0.3, -0.25) is 9.59 Å². The molecule has 2 N–H and O–H groups in total. The molecule has 0 aliphatic heterocycles. The second-order valence-electron chi connectivity index (χ2n) is 9.51. The number of para-hydroxylation sites is 1. The summed E-state index contributed by atoms with van der Waals surface area (Å²) >= 11 is 0. The van der Waals surface area contributed by atoms with Crippen molar-refractivity contribution in [2.24, 2.45) is 5.10 Å². The first-order chi connectivity index (χ1) is 21.8. The van der Waals surface area contributed by atoms with Gasteiger partial charge in [0.1, 0.15) is 0 Å². The molecule has 232 valence electrons. The minimum absolute atomic E-state index is 0.184. The molecule has 0 aliphatic carbocycles. The molecule has 0 spiro atoms. The minimum Gasteiger partial charge on any atom is -0.493 e. The SMILES string of the molecule is CCOc1cc(/C=N\NC(=O)c2ccccc2NC(=O)c2cc(OC)c(OC)c(OC)c2)ccc1OC(=O)c1cccc(C)c1. The quantitative estimate of drug-likeness (QED) is 0.0908.